The van der Waals surface area contributed by atoms with Crippen molar-refractivity contribution in [3.63, 3.8) is 0 Å². The molecule has 0 aliphatic carbocycles. The highest BCUT2D eigenvalue weighted by molar-refractivity contribution is 6.03. The van der Waals surface area contributed by atoms with E-state index in [4.69, 9.17) is 9.15 Å². The molecule has 104 valence electrons. The number of methoxy groups -OCH3 is 1. The molecule has 1 heterocycles. The second-order valence-electron chi connectivity index (χ2n) is 4.00. The van der Waals surface area contributed by atoms with E-state index in [0.717, 1.165) is 0 Å². The summed E-state index contributed by atoms with van der Waals surface area (Å²) in [6, 6.07) is 10.0. The van der Waals surface area contributed by atoms with Gasteiger partial charge < -0.3 is 14.5 Å². The third kappa shape index (κ3) is 3.17. The normalized spacial score (nSPS) is 9.90. The van der Waals surface area contributed by atoms with Crippen molar-refractivity contribution >= 4 is 23.4 Å². The fraction of sp³-hybridized carbons (Fsp3) is 0.143. The lowest BCUT2D eigenvalue weighted by atomic mass is 10.3. The maximum absolute atomic E-state index is 12.0. The van der Waals surface area contributed by atoms with Crippen LogP contribution in [0.4, 0.5) is 11.6 Å². The number of furan rings is 1. The Hall–Kier alpha value is -2.76. The van der Waals surface area contributed by atoms with Crippen LogP contribution in [0, 0.1) is 0 Å². The monoisotopic (exact) mass is 274 g/mol. The van der Waals surface area contributed by atoms with Gasteiger partial charge in [-0.2, -0.15) is 0 Å². The number of hydrogen-bond donors (Lipinski definition) is 2. The molecule has 2 amide bonds. The first kappa shape index (κ1) is 13.7. The van der Waals surface area contributed by atoms with Crippen molar-refractivity contribution in [3.8, 4) is 5.75 Å². The molecule has 2 aromatic rings. The van der Waals surface area contributed by atoms with Crippen LogP contribution in [0.1, 0.15) is 17.5 Å². The van der Waals surface area contributed by atoms with Crippen LogP contribution < -0.4 is 15.4 Å². The molecule has 20 heavy (non-hydrogen) atoms. The Morgan fingerprint density at radius 3 is 2.55 bits per heavy atom. The van der Waals surface area contributed by atoms with Gasteiger partial charge >= 0.3 is 0 Å². The van der Waals surface area contributed by atoms with Crippen LogP contribution in [-0.2, 0) is 4.79 Å². The molecule has 0 saturated carbocycles. The van der Waals surface area contributed by atoms with Crippen LogP contribution in [0.3, 0.4) is 0 Å². The van der Waals surface area contributed by atoms with Gasteiger partial charge in [0.15, 0.2) is 11.6 Å². The Morgan fingerprint density at radius 1 is 1.10 bits per heavy atom. The summed E-state index contributed by atoms with van der Waals surface area (Å²) < 4.78 is 10.4. The minimum absolute atomic E-state index is 0.0969. The molecular weight excluding hydrogens is 260 g/mol. The van der Waals surface area contributed by atoms with Crippen molar-refractivity contribution in [1.82, 2.24) is 0 Å². The van der Waals surface area contributed by atoms with E-state index in [-0.39, 0.29) is 17.6 Å². The first-order valence-electron chi connectivity index (χ1n) is 5.92. The third-order valence-electron chi connectivity index (χ3n) is 2.48. The maximum atomic E-state index is 12.0. The zero-order valence-electron chi connectivity index (χ0n) is 11.1. The quantitative estimate of drug-likeness (QED) is 0.897. The van der Waals surface area contributed by atoms with Crippen LogP contribution in [-0.4, -0.2) is 18.9 Å². The van der Waals surface area contributed by atoms with Gasteiger partial charge in [0.05, 0.1) is 12.8 Å². The molecule has 0 aliphatic rings. The van der Waals surface area contributed by atoms with Crippen LogP contribution in [0.15, 0.2) is 40.8 Å². The lowest BCUT2D eigenvalue weighted by Gasteiger charge is -2.08. The highest BCUT2D eigenvalue weighted by Crippen LogP contribution is 2.24. The van der Waals surface area contributed by atoms with Gasteiger partial charge in [0, 0.05) is 13.0 Å². The first-order chi connectivity index (χ1) is 9.60. The van der Waals surface area contributed by atoms with E-state index in [2.05, 4.69) is 10.6 Å². The average molecular weight is 274 g/mol. The molecule has 0 bridgehead atoms. The number of para-hydroxylation sites is 2. The van der Waals surface area contributed by atoms with Crippen molar-refractivity contribution in [1.29, 1.82) is 0 Å². The fourth-order valence-electron chi connectivity index (χ4n) is 1.63. The SMILES string of the molecule is COc1ccccc1NC(=O)c1ccc(NC(C)=O)o1. The van der Waals surface area contributed by atoms with Crippen LogP contribution in [0.25, 0.3) is 0 Å². The van der Waals surface area contributed by atoms with E-state index in [0.29, 0.717) is 11.4 Å². The third-order valence-corrected chi connectivity index (χ3v) is 2.48. The highest BCUT2D eigenvalue weighted by Gasteiger charge is 2.13. The van der Waals surface area contributed by atoms with Gasteiger partial charge in [-0.25, -0.2) is 0 Å². The lowest BCUT2D eigenvalue weighted by Crippen LogP contribution is -2.11. The fourth-order valence-corrected chi connectivity index (χ4v) is 1.63. The predicted octanol–water partition coefficient (Wildman–Crippen LogP) is 2.50. The molecular formula is C14H14N2O4. The molecule has 0 spiro atoms. The summed E-state index contributed by atoms with van der Waals surface area (Å²) in [5.74, 6) is 0.180. The summed E-state index contributed by atoms with van der Waals surface area (Å²) in [5, 5.41) is 5.13. The van der Waals surface area contributed by atoms with Crippen molar-refractivity contribution in [2.75, 3.05) is 17.7 Å². The largest absolute Gasteiger partial charge is 0.495 e. The van der Waals surface area contributed by atoms with E-state index in [1.165, 1.54) is 26.2 Å². The van der Waals surface area contributed by atoms with Gasteiger partial charge in [0.25, 0.3) is 5.91 Å². The number of carbonyl (C=O) groups is 2. The van der Waals surface area contributed by atoms with Gasteiger partial charge in [-0.3, -0.25) is 14.9 Å². The smallest absolute Gasteiger partial charge is 0.291 e. The molecule has 0 atom stereocenters. The van der Waals surface area contributed by atoms with E-state index in [9.17, 15) is 9.59 Å². The van der Waals surface area contributed by atoms with Crippen LogP contribution >= 0.6 is 0 Å². The lowest BCUT2D eigenvalue weighted by molar-refractivity contribution is -0.114. The molecule has 0 unspecified atom stereocenters. The second-order valence-corrected chi connectivity index (χ2v) is 4.00. The van der Waals surface area contributed by atoms with Gasteiger partial charge in [0.2, 0.25) is 5.91 Å². The Labute approximate surface area is 115 Å². The predicted molar refractivity (Wildman–Crippen MR) is 74.0 cm³/mol. The molecule has 6 heteroatoms. The number of nitrogens with one attached hydrogen (secondary N) is 2. The van der Waals surface area contributed by atoms with E-state index in [1.807, 2.05) is 0 Å². The average Bonchev–Trinajstić information content (AvgIpc) is 2.87. The molecule has 0 radical (unpaired) electrons. The van der Waals surface area contributed by atoms with Gasteiger partial charge in [-0.15, -0.1) is 0 Å². The second kappa shape index (κ2) is 5.92. The number of benzene rings is 1. The molecule has 0 saturated heterocycles. The highest BCUT2D eigenvalue weighted by atomic mass is 16.5. The Balaban J connectivity index is 2.12. The van der Waals surface area contributed by atoms with Crippen molar-refractivity contribution in [2.24, 2.45) is 0 Å². The Morgan fingerprint density at radius 2 is 1.85 bits per heavy atom. The van der Waals surface area contributed by atoms with Crippen LogP contribution in [0.2, 0.25) is 0 Å². The summed E-state index contributed by atoms with van der Waals surface area (Å²) in [5.41, 5.74) is 0.539. The first-order valence-corrected chi connectivity index (χ1v) is 5.92. The zero-order chi connectivity index (χ0) is 14.5. The Kier molecular flexibility index (Phi) is 4.05. The molecule has 2 N–H and O–H groups in total. The van der Waals surface area contributed by atoms with Crippen molar-refractivity contribution in [3.05, 3.63) is 42.2 Å². The molecule has 1 aromatic carbocycles. The standard InChI is InChI=1S/C14H14N2O4/c1-9(17)15-13-8-7-12(20-13)14(18)16-10-5-3-4-6-11(10)19-2/h3-8H,1-2H3,(H,15,17)(H,16,18). The van der Waals surface area contributed by atoms with E-state index >= 15 is 0 Å². The molecule has 6 nitrogen and oxygen atoms in total. The van der Waals surface area contributed by atoms with E-state index < -0.39 is 5.91 Å². The molecule has 0 aliphatic heterocycles. The van der Waals surface area contributed by atoms with Crippen molar-refractivity contribution in [2.45, 2.75) is 6.92 Å². The number of hydrogen-bond acceptors (Lipinski definition) is 4. The number of anilines is 2. The van der Waals surface area contributed by atoms with Gasteiger partial charge in [0.1, 0.15) is 5.75 Å². The number of rotatable bonds is 4. The van der Waals surface area contributed by atoms with E-state index in [1.54, 1.807) is 24.3 Å². The number of amides is 2. The molecule has 0 fully saturated rings. The zero-order valence-corrected chi connectivity index (χ0v) is 11.1. The Bertz CT molecular complexity index is 634. The minimum atomic E-state index is -0.425. The number of ether oxygens (including phenoxy) is 1. The van der Waals surface area contributed by atoms with Crippen LogP contribution in [0.5, 0.6) is 5.75 Å². The minimum Gasteiger partial charge on any atom is -0.495 e. The summed E-state index contributed by atoms with van der Waals surface area (Å²) in [6.45, 7) is 1.36. The number of carbonyl (C=O) groups excluding carboxylic acids is 2. The maximum Gasteiger partial charge on any atom is 0.291 e. The summed E-state index contributed by atoms with van der Waals surface area (Å²) in [6.07, 6.45) is 0. The van der Waals surface area contributed by atoms with Gasteiger partial charge in [-0.1, -0.05) is 12.1 Å². The summed E-state index contributed by atoms with van der Waals surface area (Å²) >= 11 is 0. The summed E-state index contributed by atoms with van der Waals surface area (Å²) in [4.78, 5) is 22.9. The van der Waals surface area contributed by atoms with Crippen molar-refractivity contribution < 1.29 is 18.7 Å². The topological polar surface area (TPSA) is 80.6 Å². The molecule has 2 rings (SSSR count). The van der Waals surface area contributed by atoms with Gasteiger partial charge in [-0.05, 0) is 18.2 Å². The molecule has 1 aromatic heterocycles. The summed E-state index contributed by atoms with van der Waals surface area (Å²) in [7, 11) is 1.52.